The third-order valence-corrected chi connectivity index (χ3v) is 5.96. The van der Waals surface area contributed by atoms with Gasteiger partial charge in [0.2, 0.25) is 0 Å². The van der Waals surface area contributed by atoms with Crippen LogP contribution in [0.5, 0.6) is 0 Å². The van der Waals surface area contributed by atoms with E-state index in [0.717, 1.165) is 4.57 Å². The zero-order valence-corrected chi connectivity index (χ0v) is 19.8. The summed E-state index contributed by atoms with van der Waals surface area (Å²) in [5, 5.41) is 16.5. The van der Waals surface area contributed by atoms with Crippen molar-refractivity contribution in [2.45, 2.75) is 19.6 Å². The molecule has 5 rings (SSSR count). The maximum atomic E-state index is 14.2. The van der Waals surface area contributed by atoms with Crippen LogP contribution in [-0.4, -0.2) is 33.8 Å². The van der Waals surface area contributed by atoms with Crippen LogP contribution in [0.1, 0.15) is 16.7 Å². The topological polar surface area (TPSA) is 131 Å². The van der Waals surface area contributed by atoms with Crippen LogP contribution in [0.3, 0.4) is 0 Å². The van der Waals surface area contributed by atoms with Gasteiger partial charge in [-0.2, -0.15) is 5.10 Å². The van der Waals surface area contributed by atoms with Crippen molar-refractivity contribution in [2.75, 3.05) is 0 Å². The molecule has 0 atom stereocenters. The Balaban J connectivity index is 1.69. The summed E-state index contributed by atoms with van der Waals surface area (Å²) in [7, 11) is 0. The normalized spacial score (nSPS) is 11.0. The lowest BCUT2D eigenvalue weighted by Gasteiger charge is -2.15. The minimum atomic E-state index is -1.04. The lowest BCUT2D eigenvalue weighted by atomic mass is 10.1. The molecule has 0 aliphatic rings. The molecule has 0 N–H and O–H groups in total. The molecule has 0 saturated carbocycles. The Bertz CT molecular complexity index is 1730. The Kier molecular flexibility index (Phi) is 6.68. The summed E-state index contributed by atoms with van der Waals surface area (Å²) in [5.41, 5.74) is -0.970. The number of halogens is 1. The first-order valence-corrected chi connectivity index (χ1v) is 11.5. The summed E-state index contributed by atoms with van der Waals surface area (Å²) in [6, 6.07) is 12.7. The molecule has 4 heterocycles. The van der Waals surface area contributed by atoms with E-state index in [0.29, 0.717) is 16.7 Å². The molecule has 0 aliphatic carbocycles. The second-order valence-electron chi connectivity index (χ2n) is 8.44. The number of nitro groups is 1. The van der Waals surface area contributed by atoms with E-state index in [1.807, 2.05) is 0 Å². The summed E-state index contributed by atoms with van der Waals surface area (Å²) in [6.07, 6.45) is 8.84. The van der Waals surface area contributed by atoms with Crippen LogP contribution < -0.4 is 11.2 Å². The molecule has 0 bridgehead atoms. The quantitative estimate of drug-likeness (QED) is 0.230. The third-order valence-electron chi connectivity index (χ3n) is 5.96. The van der Waals surface area contributed by atoms with Gasteiger partial charge in [0.25, 0.3) is 0 Å². The smallest absolute Gasteiger partial charge is 0.282 e. The van der Waals surface area contributed by atoms with Crippen LogP contribution >= 0.6 is 0 Å². The molecule has 12 heteroatoms. The maximum absolute atomic E-state index is 14.2. The van der Waals surface area contributed by atoms with Crippen molar-refractivity contribution < 1.29 is 9.31 Å². The third kappa shape index (κ3) is 4.87. The minimum Gasteiger partial charge on any atom is -0.282 e. The maximum Gasteiger partial charge on any atom is 0.358 e. The van der Waals surface area contributed by atoms with E-state index in [-0.39, 0.29) is 30.9 Å². The Morgan fingerprint density at radius 1 is 0.842 bits per heavy atom. The summed E-state index contributed by atoms with van der Waals surface area (Å²) in [4.78, 5) is 46.5. The van der Waals surface area contributed by atoms with Crippen molar-refractivity contribution in [1.82, 2.24) is 28.9 Å². The van der Waals surface area contributed by atoms with Crippen LogP contribution in [-0.2, 0) is 19.6 Å². The first kappa shape index (κ1) is 24.4. The second-order valence-corrected chi connectivity index (χ2v) is 8.44. The van der Waals surface area contributed by atoms with Gasteiger partial charge < -0.3 is 0 Å². The van der Waals surface area contributed by atoms with Crippen LogP contribution in [0.15, 0.2) is 95.3 Å². The molecule has 0 radical (unpaired) electrons. The monoisotopic (exact) mass is 513 g/mol. The van der Waals surface area contributed by atoms with Gasteiger partial charge in [-0.1, -0.05) is 18.2 Å². The van der Waals surface area contributed by atoms with Gasteiger partial charge in [-0.05, 0) is 41.5 Å². The van der Waals surface area contributed by atoms with Crippen molar-refractivity contribution in [1.29, 1.82) is 0 Å². The zero-order chi connectivity index (χ0) is 26.6. The first-order valence-electron chi connectivity index (χ1n) is 11.5. The largest absolute Gasteiger partial charge is 0.358 e. The Morgan fingerprint density at radius 3 is 2.05 bits per heavy atom. The molecule has 0 aliphatic heterocycles. The van der Waals surface area contributed by atoms with E-state index >= 15 is 0 Å². The standard InChI is InChI=1S/C26H20FN7O4/c27-22-4-2-1-3-20(22)16-31-17-21(13-30-31)23-24(34(37)38)25(35)33(15-19-7-11-29-12-8-19)26(36)32(23)14-18-5-9-28-10-6-18/h1-13,17H,14-16H2. The Hall–Kier alpha value is -5.26. The highest BCUT2D eigenvalue weighted by Gasteiger charge is 2.30. The van der Waals surface area contributed by atoms with Crippen molar-refractivity contribution in [3.8, 4) is 11.3 Å². The SMILES string of the molecule is O=c1c([N+](=O)[O-])c(-c2cnn(Cc3ccccc3F)c2)n(Cc2ccncc2)c(=O)n1Cc1ccncc1. The molecule has 11 nitrogen and oxygen atoms in total. The lowest BCUT2D eigenvalue weighted by Crippen LogP contribution is -2.42. The molecule has 0 saturated heterocycles. The summed E-state index contributed by atoms with van der Waals surface area (Å²) in [5.74, 6) is -0.427. The highest BCUT2D eigenvalue weighted by Crippen LogP contribution is 2.27. The molecule has 190 valence electrons. The number of pyridine rings is 2. The van der Waals surface area contributed by atoms with Crippen LogP contribution in [0.4, 0.5) is 10.1 Å². The van der Waals surface area contributed by atoms with Crippen LogP contribution in [0, 0.1) is 15.9 Å². The molecule has 0 unspecified atom stereocenters. The first-order chi connectivity index (χ1) is 18.4. The lowest BCUT2D eigenvalue weighted by molar-refractivity contribution is -0.386. The van der Waals surface area contributed by atoms with E-state index in [4.69, 9.17) is 0 Å². The summed E-state index contributed by atoms with van der Waals surface area (Å²) >= 11 is 0. The average molecular weight is 513 g/mol. The molecule has 5 aromatic rings. The predicted octanol–water partition coefficient (Wildman–Crippen LogP) is 2.86. The highest BCUT2D eigenvalue weighted by molar-refractivity contribution is 5.68. The molecule has 0 spiro atoms. The van der Waals surface area contributed by atoms with E-state index in [9.17, 15) is 24.1 Å². The van der Waals surface area contributed by atoms with Gasteiger partial charge >= 0.3 is 16.9 Å². The molecule has 38 heavy (non-hydrogen) atoms. The van der Waals surface area contributed by atoms with E-state index in [1.165, 1.54) is 52.5 Å². The van der Waals surface area contributed by atoms with Crippen LogP contribution in [0.25, 0.3) is 11.3 Å². The van der Waals surface area contributed by atoms with Gasteiger partial charge in [0.05, 0.1) is 30.8 Å². The molecule has 1 aromatic carbocycles. The molecular weight excluding hydrogens is 493 g/mol. The zero-order valence-electron chi connectivity index (χ0n) is 19.8. The number of aromatic nitrogens is 6. The summed E-state index contributed by atoms with van der Waals surface area (Å²) in [6.45, 7) is -0.189. The number of rotatable bonds is 8. The molecule has 0 amide bonds. The average Bonchev–Trinajstić information content (AvgIpc) is 3.38. The van der Waals surface area contributed by atoms with Gasteiger partial charge in [-0.15, -0.1) is 0 Å². The fraction of sp³-hybridized carbons (Fsp3) is 0.115. The summed E-state index contributed by atoms with van der Waals surface area (Å²) < 4.78 is 17.6. The van der Waals surface area contributed by atoms with Gasteiger partial charge in [0.1, 0.15) is 11.5 Å². The highest BCUT2D eigenvalue weighted by atomic mass is 19.1. The van der Waals surface area contributed by atoms with Gasteiger partial charge in [-0.25, -0.2) is 13.8 Å². The Morgan fingerprint density at radius 2 is 1.45 bits per heavy atom. The molecular formula is C26H20FN7O4. The molecule has 0 fully saturated rings. The van der Waals surface area contributed by atoms with Crippen molar-refractivity contribution >= 4 is 5.69 Å². The van der Waals surface area contributed by atoms with E-state index < -0.39 is 27.7 Å². The number of hydrogen-bond acceptors (Lipinski definition) is 7. The number of nitrogens with zero attached hydrogens (tertiary/aromatic N) is 7. The van der Waals surface area contributed by atoms with Gasteiger partial charge in [-0.3, -0.25) is 34.1 Å². The Labute approximate surface area is 214 Å². The second kappa shape index (κ2) is 10.4. The van der Waals surface area contributed by atoms with Crippen molar-refractivity contribution in [2.24, 2.45) is 0 Å². The minimum absolute atomic E-state index is 0.0498. The molecule has 4 aromatic heterocycles. The van der Waals surface area contributed by atoms with Crippen molar-refractivity contribution in [3.05, 3.63) is 139 Å². The van der Waals surface area contributed by atoms with Crippen molar-refractivity contribution in [3.63, 3.8) is 0 Å². The van der Waals surface area contributed by atoms with Gasteiger partial charge in [0.15, 0.2) is 0 Å². The number of hydrogen-bond donors (Lipinski definition) is 0. The fourth-order valence-corrected chi connectivity index (χ4v) is 4.14. The van der Waals surface area contributed by atoms with Gasteiger partial charge in [0, 0.05) is 42.1 Å². The van der Waals surface area contributed by atoms with E-state index in [2.05, 4.69) is 15.1 Å². The van der Waals surface area contributed by atoms with Crippen LogP contribution in [0.2, 0.25) is 0 Å². The van der Waals surface area contributed by atoms with E-state index in [1.54, 1.807) is 42.5 Å². The fourth-order valence-electron chi connectivity index (χ4n) is 4.14. The number of benzene rings is 1. The predicted molar refractivity (Wildman–Crippen MR) is 135 cm³/mol.